The van der Waals surface area contributed by atoms with E-state index in [0.29, 0.717) is 11.1 Å². The average Bonchev–Trinajstić information content (AvgIpc) is 2.89. The van der Waals surface area contributed by atoms with Crippen LogP contribution in [0.2, 0.25) is 5.02 Å². The molecule has 0 atom stereocenters. The number of carbonyl (C=O) groups excluding carboxylic acids is 3. The predicted octanol–water partition coefficient (Wildman–Crippen LogP) is 4.82. The minimum atomic E-state index is -4.21. The molecule has 1 heterocycles. The van der Waals surface area contributed by atoms with Crippen LogP contribution in [-0.4, -0.2) is 33.4 Å². The van der Waals surface area contributed by atoms with Crippen LogP contribution in [0.25, 0.3) is 6.08 Å². The molecule has 4 amide bonds. The van der Waals surface area contributed by atoms with E-state index in [9.17, 15) is 22.8 Å². The van der Waals surface area contributed by atoms with Gasteiger partial charge in [-0.15, -0.1) is 6.58 Å². The van der Waals surface area contributed by atoms with Crippen molar-refractivity contribution in [3.05, 3.63) is 101 Å². The van der Waals surface area contributed by atoms with E-state index in [1.54, 1.807) is 24.3 Å². The first-order chi connectivity index (χ1) is 18.6. The fourth-order valence-electron chi connectivity index (χ4n) is 3.86. The van der Waals surface area contributed by atoms with Gasteiger partial charge in [0, 0.05) is 5.56 Å². The fourth-order valence-corrected chi connectivity index (χ4v) is 5.05. The van der Waals surface area contributed by atoms with Crippen molar-refractivity contribution < 1.29 is 31.7 Å². The van der Waals surface area contributed by atoms with Crippen LogP contribution in [0.15, 0.2) is 83.8 Å². The molecule has 0 bridgehead atoms. The van der Waals surface area contributed by atoms with Gasteiger partial charge in [-0.1, -0.05) is 47.5 Å². The van der Waals surface area contributed by atoms with Gasteiger partial charge < -0.3 is 8.92 Å². The quantitative estimate of drug-likeness (QED) is 0.180. The molecule has 4 rings (SSSR count). The molecule has 39 heavy (non-hydrogen) atoms. The number of para-hydroxylation sites is 1. The summed E-state index contributed by atoms with van der Waals surface area (Å²) >= 11 is 6.18. The number of urea groups is 1. The molecule has 0 saturated carbocycles. The van der Waals surface area contributed by atoms with Crippen molar-refractivity contribution in [1.29, 1.82) is 0 Å². The van der Waals surface area contributed by atoms with E-state index >= 15 is 0 Å². The summed E-state index contributed by atoms with van der Waals surface area (Å²) in [5, 5.41) is 2.28. The Labute approximate surface area is 230 Å². The first-order valence-corrected chi connectivity index (χ1v) is 13.3. The number of aryl methyl sites for hydroxylation is 1. The first-order valence-electron chi connectivity index (χ1n) is 11.5. The molecule has 1 aliphatic heterocycles. The lowest BCUT2D eigenvalue weighted by atomic mass is 10.0. The van der Waals surface area contributed by atoms with Crippen LogP contribution >= 0.6 is 11.6 Å². The Morgan fingerprint density at radius 3 is 2.38 bits per heavy atom. The third-order valence-electron chi connectivity index (χ3n) is 5.75. The summed E-state index contributed by atoms with van der Waals surface area (Å²) in [6.45, 7) is 5.54. The first kappa shape index (κ1) is 27.6. The Balaban J connectivity index is 1.77. The van der Waals surface area contributed by atoms with E-state index < -0.39 is 28.0 Å². The van der Waals surface area contributed by atoms with Gasteiger partial charge in [0.1, 0.15) is 10.5 Å². The second-order valence-corrected chi connectivity index (χ2v) is 10.4. The van der Waals surface area contributed by atoms with Gasteiger partial charge >= 0.3 is 16.1 Å². The summed E-state index contributed by atoms with van der Waals surface area (Å²) in [5.74, 6) is -1.81. The number of hydrogen-bond donors (Lipinski definition) is 1. The Bertz CT molecular complexity index is 1630. The number of allylic oxidation sites excluding steroid dienone is 1. The predicted molar refractivity (Wildman–Crippen MR) is 146 cm³/mol. The van der Waals surface area contributed by atoms with Crippen LogP contribution in [0.5, 0.6) is 11.5 Å². The molecule has 3 aromatic rings. The molecule has 0 unspecified atom stereocenters. The highest BCUT2D eigenvalue weighted by Gasteiger charge is 2.37. The summed E-state index contributed by atoms with van der Waals surface area (Å²) in [4.78, 5) is 39.1. The van der Waals surface area contributed by atoms with Crippen molar-refractivity contribution in [3.63, 3.8) is 0 Å². The second-order valence-electron chi connectivity index (χ2n) is 8.46. The number of nitrogens with zero attached hydrogens (tertiary/aromatic N) is 1. The number of ether oxygens (including phenoxy) is 1. The summed E-state index contributed by atoms with van der Waals surface area (Å²) in [5.41, 5.74) is 1.33. The number of barbiturate groups is 1. The number of imide groups is 2. The fraction of sp³-hybridized carbons (Fsp3) is 0.107. The highest BCUT2D eigenvalue weighted by molar-refractivity contribution is 7.87. The van der Waals surface area contributed by atoms with Crippen LogP contribution in [0.1, 0.15) is 16.7 Å². The lowest BCUT2D eigenvalue weighted by molar-refractivity contribution is -0.122. The van der Waals surface area contributed by atoms with Gasteiger partial charge in [-0.05, 0) is 61.4 Å². The van der Waals surface area contributed by atoms with E-state index in [-0.39, 0.29) is 39.1 Å². The summed E-state index contributed by atoms with van der Waals surface area (Å²) < 4.78 is 36.9. The molecule has 3 aromatic carbocycles. The molecule has 1 fully saturated rings. The third kappa shape index (κ3) is 5.71. The summed E-state index contributed by atoms with van der Waals surface area (Å²) in [6.07, 6.45) is 2.98. The topological polar surface area (TPSA) is 119 Å². The molecule has 200 valence electrons. The number of rotatable bonds is 8. The van der Waals surface area contributed by atoms with Gasteiger partial charge in [0.15, 0.2) is 11.5 Å². The maximum Gasteiger partial charge on any atom is 0.339 e. The number of nitrogens with one attached hydrogen (secondary N) is 1. The van der Waals surface area contributed by atoms with E-state index in [2.05, 4.69) is 11.9 Å². The number of halogens is 1. The maximum absolute atomic E-state index is 13.3. The van der Waals surface area contributed by atoms with Crippen molar-refractivity contribution in [1.82, 2.24) is 5.32 Å². The maximum atomic E-state index is 13.3. The number of amides is 4. The number of methoxy groups -OCH3 is 1. The highest BCUT2D eigenvalue weighted by atomic mass is 35.5. The molecule has 1 N–H and O–H groups in total. The molecule has 0 spiro atoms. The Kier molecular flexibility index (Phi) is 7.89. The Morgan fingerprint density at radius 2 is 1.74 bits per heavy atom. The third-order valence-corrected chi connectivity index (χ3v) is 7.30. The molecule has 1 aliphatic rings. The van der Waals surface area contributed by atoms with Crippen LogP contribution in [0.3, 0.4) is 0 Å². The molecule has 11 heteroatoms. The number of benzene rings is 3. The van der Waals surface area contributed by atoms with Crippen molar-refractivity contribution >= 4 is 51.3 Å². The van der Waals surface area contributed by atoms with Crippen molar-refractivity contribution in [2.24, 2.45) is 0 Å². The van der Waals surface area contributed by atoms with Crippen molar-refractivity contribution in [2.75, 3.05) is 12.0 Å². The zero-order valence-corrected chi connectivity index (χ0v) is 22.5. The lowest BCUT2D eigenvalue weighted by Crippen LogP contribution is -2.54. The number of carbonyl (C=O) groups is 3. The standard InChI is InChI=1S/C28H23ClN2O7S/c1-4-7-19-14-18(16-24(37-3)25(19)38-39(35,36)20-12-10-17(2)11-13-20)15-21-26(32)30-28(34)31(27(21)33)23-9-6-5-8-22(23)29/h4-6,8-16H,1,7H2,2-3H3,(H,30,32,34)/b21-15+. The summed E-state index contributed by atoms with van der Waals surface area (Å²) in [7, 11) is -2.89. The van der Waals surface area contributed by atoms with E-state index in [4.69, 9.17) is 20.5 Å². The average molecular weight is 567 g/mol. The summed E-state index contributed by atoms with van der Waals surface area (Å²) in [6, 6.07) is 14.4. The van der Waals surface area contributed by atoms with Gasteiger partial charge in [-0.25, -0.2) is 9.69 Å². The van der Waals surface area contributed by atoms with E-state index in [1.165, 1.54) is 55.7 Å². The monoisotopic (exact) mass is 566 g/mol. The van der Waals surface area contributed by atoms with Gasteiger partial charge in [0.2, 0.25) is 0 Å². The number of hydrogen-bond acceptors (Lipinski definition) is 7. The molecular weight excluding hydrogens is 544 g/mol. The molecular formula is C28H23ClN2O7S. The Morgan fingerprint density at radius 1 is 1.05 bits per heavy atom. The zero-order valence-electron chi connectivity index (χ0n) is 20.9. The van der Waals surface area contributed by atoms with E-state index in [1.807, 2.05) is 6.92 Å². The Hall–Kier alpha value is -4.41. The van der Waals surface area contributed by atoms with Gasteiger partial charge in [0.25, 0.3) is 11.8 Å². The lowest BCUT2D eigenvalue weighted by Gasteiger charge is -2.27. The highest BCUT2D eigenvalue weighted by Crippen LogP contribution is 2.37. The van der Waals surface area contributed by atoms with Crippen molar-refractivity contribution in [3.8, 4) is 11.5 Å². The zero-order chi connectivity index (χ0) is 28.3. The number of anilines is 1. The van der Waals surface area contributed by atoms with Gasteiger partial charge in [-0.3, -0.25) is 14.9 Å². The van der Waals surface area contributed by atoms with Crippen LogP contribution < -0.4 is 19.1 Å². The van der Waals surface area contributed by atoms with Gasteiger partial charge in [0.05, 0.1) is 17.8 Å². The minimum Gasteiger partial charge on any atom is -0.493 e. The molecule has 0 aliphatic carbocycles. The second kappa shape index (κ2) is 11.1. The normalized spacial score (nSPS) is 14.8. The van der Waals surface area contributed by atoms with Crippen molar-refractivity contribution in [2.45, 2.75) is 18.2 Å². The molecule has 0 aromatic heterocycles. The molecule has 0 radical (unpaired) electrons. The SMILES string of the molecule is C=CCc1cc(/C=C2\C(=O)NC(=O)N(c3ccccc3Cl)C2=O)cc(OC)c1OS(=O)(=O)c1ccc(C)cc1. The van der Waals surface area contributed by atoms with Crippen LogP contribution in [0.4, 0.5) is 10.5 Å². The largest absolute Gasteiger partial charge is 0.493 e. The van der Waals surface area contributed by atoms with E-state index in [0.717, 1.165) is 10.5 Å². The van der Waals surface area contributed by atoms with Crippen LogP contribution in [0, 0.1) is 6.92 Å². The van der Waals surface area contributed by atoms with Crippen LogP contribution in [-0.2, 0) is 26.1 Å². The minimum absolute atomic E-state index is 0.0413. The molecule has 9 nitrogen and oxygen atoms in total. The van der Waals surface area contributed by atoms with Gasteiger partial charge in [-0.2, -0.15) is 8.42 Å². The molecule has 1 saturated heterocycles. The smallest absolute Gasteiger partial charge is 0.339 e.